The van der Waals surface area contributed by atoms with E-state index in [1.807, 2.05) is 61.5 Å². The second-order valence-electron chi connectivity index (χ2n) is 7.73. The van der Waals surface area contributed by atoms with Gasteiger partial charge in [0.05, 0.1) is 11.4 Å². The van der Waals surface area contributed by atoms with Crippen molar-refractivity contribution >= 4 is 45.9 Å². The van der Waals surface area contributed by atoms with Gasteiger partial charge in [-0.25, -0.2) is 0 Å². The first-order chi connectivity index (χ1) is 16.5. The minimum atomic E-state index is -0.332. The number of hydrogen-bond acceptors (Lipinski definition) is 6. The highest BCUT2D eigenvalue weighted by Gasteiger charge is 2.32. The second kappa shape index (κ2) is 9.24. The fraction of sp³-hybridized carbons (Fsp3) is 0.0769. The van der Waals surface area contributed by atoms with Gasteiger partial charge in [-0.2, -0.15) is 4.98 Å². The highest BCUT2D eigenvalue weighted by molar-refractivity contribution is 8.26. The summed E-state index contributed by atoms with van der Waals surface area (Å²) in [4.78, 5) is 33.0. The molecule has 0 radical (unpaired) electrons. The molecule has 2 aromatic heterocycles. The van der Waals surface area contributed by atoms with Crippen LogP contribution in [0.1, 0.15) is 16.7 Å². The van der Waals surface area contributed by atoms with Crippen LogP contribution >= 0.6 is 24.0 Å². The van der Waals surface area contributed by atoms with Crippen molar-refractivity contribution in [2.45, 2.75) is 13.5 Å². The molecule has 0 aliphatic carbocycles. The van der Waals surface area contributed by atoms with E-state index in [1.54, 1.807) is 24.4 Å². The standard InChI is InChI=1S/C26H19N3O3S2/c1-17-10-12-19(13-11-17)32-23-20(24(30)28-14-6-5-9-22(28)27-23)15-21-25(31)29(26(33)34-21)16-18-7-3-2-4-8-18/h2-15H,16H2,1H3. The highest BCUT2D eigenvalue weighted by atomic mass is 32.2. The number of rotatable bonds is 5. The van der Waals surface area contributed by atoms with Gasteiger partial charge in [-0.3, -0.25) is 18.9 Å². The summed E-state index contributed by atoms with van der Waals surface area (Å²) in [5.74, 6) is 0.426. The number of nitrogens with zero attached hydrogens (tertiary/aromatic N) is 3. The topological polar surface area (TPSA) is 63.9 Å². The molecule has 1 aliphatic heterocycles. The molecule has 4 aromatic rings. The van der Waals surface area contributed by atoms with Crippen LogP contribution in [-0.2, 0) is 11.3 Å². The SMILES string of the molecule is Cc1ccc(Oc2nc3ccccn3c(=O)c2C=C2SC(=S)N(Cc3ccccc3)C2=O)cc1. The van der Waals surface area contributed by atoms with Crippen LogP contribution in [0.15, 0.2) is 88.7 Å². The monoisotopic (exact) mass is 485 g/mol. The van der Waals surface area contributed by atoms with Crippen molar-refractivity contribution in [3.63, 3.8) is 0 Å². The average molecular weight is 486 g/mol. The molecule has 1 fully saturated rings. The Morgan fingerprint density at radius 1 is 1.00 bits per heavy atom. The number of thioether (sulfide) groups is 1. The van der Waals surface area contributed by atoms with E-state index in [0.717, 1.165) is 22.9 Å². The molecule has 1 aliphatic rings. The van der Waals surface area contributed by atoms with Crippen LogP contribution in [0.5, 0.6) is 11.6 Å². The summed E-state index contributed by atoms with van der Waals surface area (Å²) in [5.41, 5.74) is 2.35. The van der Waals surface area contributed by atoms with Crippen molar-refractivity contribution in [2.24, 2.45) is 0 Å². The van der Waals surface area contributed by atoms with E-state index in [-0.39, 0.29) is 22.9 Å². The summed E-state index contributed by atoms with van der Waals surface area (Å²) in [7, 11) is 0. The number of aromatic nitrogens is 2. The minimum absolute atomic E-state index is 0.133. The Morgan fingerprint density at radius 2 is 1.74 bits per heavy atom. The van der Waals surface area contributed by atoms with E-state index >= 15 is 0 Å². The molecule has 34 heavy (non-hydrogen) atoms. The molecule has 2 aromatic carbocycles. The van der Waals surface area contributed by atoms with E-state index in [1.165, 1.54) is 15.4 Å². The first-order valence-electron chi connectivity index (χ1n) is 10.5. The predicted octanol–water partition coefficient (Wildman–Crippen LogP) is 5.20. The van der Waals surface area contributed by atoms with Gasteiger partial charge >= 0.3 is 0 Å². The van der Waals surface area contributed by atoms with Gasteiger partial charge in [0.15, 0.2) is 0 Å². The predicted molar refractivity (Wildman–Crippen MR) is 138 cm³/mol. The fourth-order valence-electron chi connectivity index (χ4n) is 3.54. The number of carbonyl (C=O) groups excluding carboxylic acids is 1. The minimum Gasteiger partial charge on any atom is -0.438 e. The van der Waals surface area contributed by atoms with Gasteiger partial charge in [-0.1, -0.05) is 78.1 Å². The van der Waals surface area contributed by atoms with E-state index in [4.69, 9.17) is 17.0 Å². The van der Waals surface area contributed by atoms with Gasteiger partial charge in [0.1, 0.15) is 21.3 Å². The van der Waals surface area contributed by atoms with E-state index in [0.29, 0.717) is 27.2 Å². The van der Waals surface area contributed by atoms with Crippen LogP contribution in [0.25, 0.3) is 11.7 Å². The van der Waals surface area contributed by atoms with Crippen molar-refractivity contribution in [2.75, 3.05) is 0 Å². The number of fused-ring (bicyclic) bond motifs is 1. The molecule has 1 amide bonds. The number of ether oxygens (including phenoxy) is 1. The molecule has 0 spiro atoms. The molecular weight excluding hydrogens is 466 g/mol. The number of benzene rings is 2. The lowest BCUT2D eigenvalue weighted by Crippen LogP contribution is -2.27. The molecule has 0 unspecified atom stereocenters. The fourth-order valence-corrected chi connectivity index (χ4v) is 4.77. The third-order valence-corrected chi connectivity index (χ3v) is 6.68. The normalized spacial score (nSPS) is 14.9. The molecule has 0 bridgehead atoms. The number of thiocarbonyl (C=S) groups is 1. The molecule has 0 atom stereocenters. The number of aryl methyl sites for hydroxylation is 1. The Labute approximate surface area is 205 Å². The maximum Gasteiger partial charge on any atom is 0.269 e. The first-order valence-corrected chi connectivity index (χ1v) is 11.8. The lowest BCUT2D eigenvalue weighted by Gasteiger charge is -2.14. The third-order valence-electron chi connectivity index (χ3n) is 5.30. The lowest BCUT2D eigenvalue weighted by atomic mass is 10.2. The molecule has 6 nitrogen and oxygen atoms in total. The van der Waals surface area contributed by atoms with Gasteiger partial charge in [-0.05, 0) is 42.8 Å². The highest BCUT2D eigenvalue weighted by Crippen LogP contribution is 2.35. The summed E-state index contributed by atoms with van der Waals surface area (Å²) in [6.07, 6.45) is 3.17. The van der Waals surface area contributed by atoms with Crippen LogP contribution in [0, 0.1) is 6.92 Å². The molecule has 168 valence electrons. The molecule has 0 saturated carbocycles. The smallest absolute Gasteiger partial charge is 0.269 e. The first kappa shape index (κ1) is 22.1. The number of carbonyl (C=O) groups is 1. The zero-order chi connectivity index (χ0) is 23.7. The Bertz CT molecular complexity index is 1500. The number of amides is 1. The Kier molecular flexibility index (Phi) is 6.00. The number of hydrogen-bond donors (Lipinski definition) is 0. The third kappa shape index (κ3) is 4.37. The maximum atomic E-state index is 13.4. The van der Waals surface area contributed by atoms with Gasteiger partial charge in [0.25, 0.3) is 11.5 Å². The van der Waals surface area contributed by atoms with Gasteiger partial charge in [0.2, 0.25) is 5.88 Å². The van der Waals surface area contributed by atoms with Crippen LogP contribution in [-0.4, -0.2) is 24.5 Å². The molecular formula is C26H19N3O3S2. The summed E-state index contributed by atoms with van der Waals surface area (Å²) in [5, 5.41) is 0. The second-order valence-corrected chi connectivity index (χ2v) is 9.41. The van der Waals surface area contributed by atoms with Crippen molar-refractivity contribution in [1.29, 1.82) is 0 Å². The van der Waals surface area contributed by atoms with Crippen molar-refractivity contribution in [3.8, 4) is 11.6 Å². The van der Waals surface area contributed by atoms with Crippen LogP contribution < -0.4 is 10.3 Å². The zero-order valence-corrected chi connectivity index (χ0v) is 19.8. The van der Waals surface area contributed by atoms with E-state index < -0.39 is 0 Å². The van der Waals surface area contributed by atoms with Gasteiger partial charge < -0.3 is 4.74 Å². The molecule has 5 rings (SSSR count). The zero-order valence-electron chi connectivity index (χ0n) is 18.2. The van der Waals surface area contributed by atoms with Crippen LogP contribution in [0.2, 0.25) is 0 Å². The maximum absolute atomic E-state index is 13.4. The van der Waals surface area contributed by atoms with Crippen molar-refractivity contribution in [3.05, 3.63) is 111 Å². The molecule has 3 heterocycles. The van der Waals surface area contributed by atoms with Crippen molar-refractivity contribution < 1.29 is 9.53 Å². The van der Waals surface area contributed by atoms with E-state index in [9.17, 15) is 9.59 Å². The lowest BCUT2D eigenvalue weighted by molar-refractivity contribution is -0.122. The molecule has 8 heteroatoms. The summed E-state index contributed by atoms with van der Waals surface area (Å²) >= 11 is 6.63. The molecule has 0 N–H and O–H groups in total. The largest absolute Gasteiger partial charge is 0.438 e. The average Bonchev–Trinajstić information content (AvgIpc) is 3.11. The summed E-state index contributed by atoms with van der Waals surface area (Å²) in [6.45, 7) is 2.35. The Morgan fingerprint density at radius 3 is 2.50 bits per heavy atom. The molecule has 1 saturated heterocycles. The van der Waals surface area contributed by atoms with Gasteiger partial charge in [0, 0.05) is 6.20 Å². The van der Waals surface area contributed by atoms with Gasteiger partial charge in [-0.15, -0.1) is 0 Å². The quantitative estimate of drug-likeness (QED) is 0.286. The van der Waals surface area contributed by atoms with Crippen molar-refractivity contribution in [1.82, 2.24) is 14.3 Å². The van der Waals surface area contributed by atoms with Crippen LogP contribution in [0.3, 0.4) is 0 Å². The Hall–Kier alpha value is -3.75. The van der Waals surface area contributed by atoms with Crippen LogP contribution in [0.4, 0.5) is 0 Å². The Balaban J connectivity index is 1.56. The number of pyridine rings is 1. The summed E-state index contributed by atoms with van der Waals surface area (Å²) in [6, 6.07) is 22.4. The summed E-state index contributed by atoms with van der Waals surface area (Å²) < 4.78 is 7.88. The van der Waals surface area contributed by atoms with E-state index in [2.05, 4.69) is 4.98 Å².